The predicted octanol–water partition coefficient (Wildman–Crippen LogP) is 0.781. The summed E-state index contributed by atoms with van der Waals surface area (Å²) < 4.78 is 0. The standard InChI is InChI=1S/C11H14N6/c12-11(15-7-9-3-1-5-13-9)17-16-8-10-4-2-6-14-10/h1-6,8,13-14H,7H2,(H3,12,15,17). The Bertz CT molecular complexity index is 480. The van der Waals surface area contributed by atoms with E-state index < -0.39 is 0 Å². The molecule has 0 amide bonds. The molecule has 0 bridgehead atoms. The third-order valence-corrected chi connectivity index (χ3v) is 2.09. The van der Waals surface area contributed by atoms with Crippen molar-refractivity contribution < 1.29 is 0 Å². The van der Waals surface area contributed by atoms with Crippen LogP contribution in [0.5, 0.6) is 0 Å². The van der Waals surface area contributed by atoms with Crippen LogP contribution in [0.3, 0.4) is 0 Å². The summed E-state index contributed by atoms with van der Waals surface area (Å²) in [5.74, 6) is 0.280. The molecule has 2 aromatic heterocycles. The smallest absolute Gasteiger partial charge is 0.209 e. The molecule has 0 atom stereocenters. The number of aromatic amines is 2. The summed E-state index contributed by atoms with van der Waals surface area (Å²) in [4.78, 5) is 10.1. The first-order chi connectivity index (χ1) is 8.34. The lowest BCUT2D eigenvalue weighted by Gasteiger charge is -1.98. The summed E-state index contributed by atoms with van der Waals surface area (Å²) in [6, 6.07) is 7.65. The fourth-order valence-electron chi connectivity index (χ4n) is 1.26. The van der Waals surface area contributed by atoms with Crippen molar-refractivity contribution in [3.63, 3.8) is 0 Å². The Labute approximate surface area is 98.7 Å². The van der Waals surface area contributed by atoms with Crippen molar-refractivity contribution in [2.24, 2.45) is 15.8 Å². The molecule has 88 valence electrons. The maximum Gasteiger partial charge on any atom is 0.209 e. The average molecular weight is 230 g/mol. The summed E-state index contributed by atoms with van der Waals surface area (Å²) in [6.45, 7) is 0.504. The van der Waals surface area contributed by atoms with Crippen LogP contribution >= 0.6 is 0 Å². The number of hydrogen-bond acceptors (Lipinski definition) is 2. The van der Waals surface area contributed by atoms with Crippen LogP contribution in [0.15, 0.2) is 46.8 Å². The highest BCUT2D eigenvalue weighted by molar-refractivity contribution is 5.81. The maximum absolute atomic E-state index is 5.63. The van der Waals surface area contributed by atoms with Gasteiger partial charge in [-0.3, -0.25) is 0 Å². The molecule has 0 aliphatic heterocycles. The van der Waals surface area contributed by atoms with Crippen LogP contribution in [0.1, 0.15) is 11.4 Å². The fourth-order valence-corrected chi connectivity index (χ4v) is 1.26. The van der Waals surface area contributed by atoms with Crippen molar-refractivity contribution in [2.75, 3.05) is 0 Å². The lowest BCUT2D eigenvalue weighted by atomic mass is 10.4. The zero-order chi connectivity index (χ0) is 11.9. The lowest BCUT2D eigenvalue weighted by Crippen LogP contribution is -2.27. The van der Waals surface area contributed by atoms with Crippen molar-refractivity contribution in [1.82, 2.24) is 15.4 Å². The number of hydrazone groups is 1. The van der Waals surface area contributed by atoms with Crippen molar-refractivity contribution in [3.05, 3.63) is 48.0 Å². The van der Waals surface area contributed by atoms with E-state index in [-0.39, 0.29) is 5.96 Å². The first kappa shape index (κ1) is 11.0. The van der Waals surface area contributed by atoms with Gasteiger partial charge >= 0.3 is 0 Å². The Balaban J connectivity index is 1.80. The summed E-state index contributed by atoms with van der Waals surface area (Å²) in [5, 5.41) is 3.94. The summed E-state index contributed by atoms with van der Waals surface area (Å²) in [6.07, 6.45) is 5.30. The molecule has 2 aromatic rings. The van der Waals surface area contributed by atoms with Gasteiger partial charge in [-0.05, 0) is 24.3 Å². The number of H-pyrrole nitrogens is 2. The highest BCUT2D eigenvalue weighted by Crippen LogP contribution is 1.95. The minimum Gasteiger partial charge on any atom is -0.369 e. The van der Waals surface area contributed by atoms with E-state index in [4.69, 9.17) is 5.73 Å². The highest BCUT2D eigenvalue weighted by atomic mass is 15.3. The number of aliphatic imine (C=N–C) groups is 1. The largest absolute Gasteiger partial charge is 0.369 e. The Morgan fingerprint density at radius 1 is 1.29 bits per heavy atom. The van der Waals surface area contributed by atoms with E-state index in [1.165, 1.54) is 0 Å². The molecule has 0 aliphatic rings. The predicted molar refractivity (Wildman–Crippen MR) is 67.6 cm³/mol. The average Bonchev–Trinajstić information content (AvgIpc) is 2.99. The monoisotopic (exact) mass is 230 g/mol. The lowest BCUT2D eigenvalue weighted by molar-refractivity contribution is 0.944. The molecule has 0 fully saturated rings. The highest BCUT2D eigenvalue weighted by Gasteiger charge is 1.91. The van der Waals surface area contributed by atoms with E-state index in [1.54, 1.807) is 6.21 Å². The molecule has 2 heterocycles. The van der Waals surface area contributed by atoms with Gasteiger partial charge in [0, 0.05) is 18.1 Å². The molecule has 0 aromatic carbocycles. The maximum atomic E-state index is 5.63. The summed E-state index contributed by atoms with van der Waals surface area (Å²) in [5.41, 5.74) is 10.2. The zero-order valence-corrected chi connectivity index (χ0v) is 9.22. The molecule has 2 rings (SSSR count). The third kappa shape index (κ3) is 3.53. The molecule has 6 nitrogen and oxygen atoms in total. The van der Waals surface area contributed by atoms with E-state index in [0.717, 1.165) is 11.4 Å². The molecule has 5 N–H and O–H groups in total. The Hall–Kier alpha value is -2.50. The second kappa shape index (κ2) is 5.55. The van der Waals surface area contributed by atoms with Gasteiger partial charge in [-0.2, -0.15) is 5.10 Å². The molecule has 17 heavy (non-hydrogen) atoms. The Morgan fingerprint density at radius 3 is 2.82 bits per heavy atom. The normalized spacial score (nSPS) is 12.1. The molecule has 0 aliphatic carbocycles. The van der Waals surface area contributed by atoms with E-state index in [9.17, 15) is 0 Å². The minimum absolute atomic E-state index is 0.280. The van der Waals surface area contributed by atoms with Crippen LogP contribution in [0.4, 0.5) is 0 Å². The number of nitrogens with one attached hydrogen (secondary N) is 3. The van der Waals surface area contributed by atoms with Crippen molar-refractivity contribution in [1.29, 1.82) is 0 Å². The number of nitrogens with two attached hydrogens (primary N) is 1. The van der Waals surface area contributed by atoms with Crippen molar-refractivity contribution in [2.45, 2.75) is 6.54 Å². The number of guanidine groups is 1. The minimum atomic E-state index is 0.280. The quantitative estimate of drug-likeness (QED) is 0.355. The van der Waals surface area contributed by atoms with Gasteiger partial charge < -0.3 is 15.7 Å². The van der Waals surface area contributed by atoms with E-state index in [1.807, 2.05) is 36.7 Å². The summed E-state index contributed by atoms with van der Waals surface area (Å²) in [7, 11) is 0. The third-order valence-electron chi connectivity index (χ3n) is 2.09. The van der Waals surface area contributed by atoms with Crippen LogP contribution in [0, 0.1) is 0 Å². The first-order valence-corrected chi connectivity index (χ1v) is 5.19. The van der Waals surface area contributed by atoms with Crippen LogP contribution in [-0.2, 0) is 6.54 Å². The van der Waals surface area contributed by atoms with Gasteiger partial charge in [-0.15, -0.1) is 0 Å². The Kier molecular flexibility index (Phi) is 3.59. The van der Waals surface area contributed by atoms with Gasteiger partial charge in [0.05, 0.1) is 18.5 Å². The van der Waals surface area contributed by atoms with Gasteiger partial charge in [-0.1, -0.05) is 0 Å². The van der Waals surface area contributed by atoms with Crippen LogP contribution in [0.25, 0.3) is 0 Å². The first-order valence-electron chi connectivity index (χ1n) is 5.19. The van der Waals surface area contributed by atoms with E-state index >= 15 is 0 Å². The van der Waals surface area contributed by atoms with Crippen LogP contribution in [0.2, 0.25) is 0 Å². The van der Waals surface area contributed by atoms with E-state index in [0.29, 0.717) is 6.54 Å². The van der Waals surface area contributed by atoms with Crippen molar-refractivity contribution in [3.8, 4) is 0 Å². The van der Waals surface area contributed by atoms with Gasteiger partial charge in [0.1, 0.15) is 0 Å². The second-order valence-electron chi connectivity index (χ2n) is 3.39. The molecular weight excluding hydrogens is 216 g/mol. The summed E-state index contributed by atoms with van der Waals surface area (Å²) >= 11 is 0. The second-order valence-corrected chi connectivity index (χ2v) is 3.39. The number of nitrogens with zero attached hydrogens (tertiary/aromatic N) is 2. The fraction of sp³-hybridized carbons (Fsp3) is 0.0909. The molecule has 0 unspecified atom stereocenters. The van der Waals surface area contributed by atoms with Gasteiger partial charge in [-0.25, -0.2) is 10.4 Å². The molecular formula is C11H14N6. The molecule has 0 saturated carbocycles. The van der Waals surface area contributed by atoms with Gasteiger partial charge in [0.15, 0.2) is 0 Å². The van der Waals surface area contributed by atoms with Crippen LogP contribution < -0.4 is 11.2 Å². The van der Waals surface area contributed by atoms with Crippen molar-refractivity contribution >= 4 is 12.2 Å². The van der Waals surface area contributed by atoms with Gasteiger partial charge in [0.25, 0.3) is 0 Å². The molecule has 0 radical (unpaired) electrons. The molecule has 0 saturated heterocycles. The zero-order valence-electron chi connectivity index (χ0n) is 9.22. The SMILES string of the molecule is NC(=NCc1ccc[nH]1)NN=Cc1ccc[nH]1. The van der Waals surface area contributed by atoms with Crippen LogP contribution in [-0.4, -0.2) is 22.1 Å². The number of rotatable bonds is 4. The number of aromatic nitrogens is 2. The van der Waals surface area contributed by atoms with E-state index in [2.05, 4.69) is 25.5 Å². The molecule has 0 spiro atoms. The number of hydrogen-bond donors (Lipinski definition) is 4. The topological polar surface area (TPSA) is 94.3 Å². The molecule has 6 heteroatoms. The van der Waals surface area contributed by atoms with Gasteiger partial charge in [0.2, 0.25) is 5.96 Å². The Morgan fingerprint density at radius 2 is 2.12 bits per heavy atom.